The third-order valence-electron chi connectivity index (χ3n) is 2.36. The number of carbonyl (C=O) groups is 2. The summed E-state index contributed by atoms with van der Waals surface area (Å²) in [5.74, 6) is -0.609. The van der Waals surface area contributed by atoms with Crippen LogP contribution in [0.3, 0.4) is 0 Å². The Bertz CT molecular complexity index is 428. The fourth-order valence-electron chi connectivity index (χ4n) is 1.36. The number of amides is 1. The summed E-state index contributed by atoms with van der Waals surface area (Å²) in [5, 5.41) is 9.08. The minimum atomic E-state index is -0.347. The summed E-state index contributed by atoms with van der Waals surface area (Å²) in [5.41, 5.74) is 6.85. The van der Waals surface area contributed by atoms with Crippen LogP contribution in [0.2, 0.25) is 0 Å². The molecule has 0 saturated carbocycles. The molecule has 0 aromatic carbocycles. The third-order valence-corrected chi connectivity index (χ3v) is 2.36. The van der Waals surface area contributed by atoms with Gasteiger partial charge in [0.15, 0.2) is 5.69 Å². The molecule has 1 aromatic rings. The lowest BCUT2D eigenvalue weighted by atomic mass is 10.2. The van der Waals surface area contributed by atoms with Gasteiger partial charge in [0, 0.05) is 13.0 Å². The molecule has 1 aromatic heterocycles. The van der Waals surface area contributed by atoms with Gasteiger partial charge in [0.05, 0.1) is 18.0 Å². The van der Waals surface area contributed by atoms with E-state index in [1.807, 2.05) is 0 Å². The van der Waals surface area contributed by atoms with E-state index in [4.69, 9.17) is 10.5 Å². The van der Waals surface area contributed by atoms with E-state index in [-0.39, 0.29) is 24.0 Å². The molecule has 0 spiro atoms. The largest absolute Gasteiger partial charge is 0.466 e. The van der Waals surface area contributed by atoms with Crippen LogP contribution >= 0.6 is 0 Å². The second kappa shape index (κ2) is 6.63. The van der Waals surface area contributed by atoms with Gasteiger partial charge >= 0.3 is 5.97 Å². The maximum Gasteiger partial charge on any atom is 0.305 e. The Kier molecular flexibility index (Phi) is 5.16. The molecule has 0 fully saturated rings. The number of rotatable bonds is 6. The van der Waals surface area contributed by atoms with Gasteiger partial charge in [-0.3, -0.25) is 14.7 Å². The van der Waals surface area contributed by atoms with Crippen molar-refractivity contribution in [3.8, 4) is 0 Å². The molecule has 1 amide bonds. The smallest absolute Gasteiger partial charge is 0.305 e. The molecule has 0 atom stereocenters. The number of carbonyl (C=O) groups excluding carboxylic acids is 2. The second-order valence-electron chi connectivity index (χ2n) is 3.78. The number of anilines is 1. The Morgan fingerprint density at radius 3 is 2.78 bits per heavy atom. The van der Waals surface area contributed by atoms with Crippen molar-refractivity contribution in [2.24, 2.45) is 0 Å². The van der Waals surface area contributed by atoms with Gasteiger partial charge in [-0.1, -0.05) is 0 Å². The number of ether oxygens (including phenoxy) is 1. The second-order valence-corrected chi connectivity index (χ2v) is 3.78. The first-order chi connectivity index (χ1) is 8.56. The van der Waals surface area contributed by atoms with Gasteiger partial charge in [-0.05, 0) is 20.3 Å². The molecule has 0 radical (unpaired) electrons. The molecule has 0 unspecified atom stereocenters. The van der Waals surface area contributed by atoms with Gasteiger partial charge in [-0.25, -0.2) is 0 Å². The molecule has 0 bridgehead atoms. The zero-order valence-corrected chi connectivity index (χ0v) is 10.6. The van der Waals surface area contributed by atoms with Crippen LogP contribution in [0.4, 0.5) is 5.69 Å². The fourth-order valence-corrected chi connectivity index (χ4v) is 1.36. The van der Waals surface area contributed by atoms with Crippen LogP contribution < -0.4 is 11.1 Å². The van der Waals surface area contributed by atoms with Crippen LogP contribution in [0, 0.1) is 6.92 Å². The highest BCUT2D eigenvalue weighted by molar-refractivity contribution is 5.97. The summed E-state index contributed by atoms with van der Waals surface area (Å²) in [4.78, 5) is 22.7. The van der Waals surface area contributed by atoms with Crippen LogP contribution in [0.5, 0.6) is 0 Å². The number of nitrogen functional groups attached to an aromatic ring is 1. The van der Waals surface area contributed by atoms with Gasteiger partial charge in [-0.15, -0.1) is 0 Å². The Morgan fingerprint density at radius 1 is 1.50 bits per heavy atom. The Labute approximate surface area is 105 Å². The zero-order chi connectivity index (χ0) is 13.5. The predicted molar refractivity (Wildman–Crippen MR) is 65.9 cm³/mol. The molecule has 18 heavy (non-hydrogen) atoms. The maximum atomic E-state index is 11.7. The average Bonchev–Trinajstić information content (AvgIpc) is 2.66. The van der Waals surface area contributed by atoms with Crippen LogP contribution in [0.1, 0.15) is 35.9 Å². The van der Waals surface area contributed by atoms with Crippen molar-refractivity contribution < 1.29 is 14.3 Å². The zero-order valence-electron chi connectivity index (χ0n) is 10.6. The Balaban J connectivity index is 2.30. The lowest BCUT2D eigenvalue weighted by molar-refractivity contribution is -0.143. The summed E-state index contributed by atoms with van der Waals surface area (Å²) < 4.78 is 4.77. The highest BCUT2D eigenvalue weighted by Crippen LogP contribution is 2.11. The number of H-pyrrole nitrogens is 1. The molecule has 7 nitrogen and oxygen atoms in total. The van der Waals surface area contributed by atoms with Crippen molar-refractivity contribution in [2.75, 3.05) is 18.9 Å². The molecular weight excluding hydrogens is 236 g/mol. The first-order valence-electron chi connectivity index (χ1n) is 5.80. The van der Waals surface area contributed by atoms with Crippen molar-refractivity contribution in [3.63, 3.8) is 0 Å². The number of nitrogens with one attached hydrogen (secondary N) is 2. The number of aromatic amines is 1. The van der Waals surface area contributed by atoms with Gasteiger partial charge in [0.1, 0.15) is 0 Å². The predicted octanol–water partition coefficient (Wildman–Crippen LogP) is 0.373. The standard InChI is InChI=1S/C11H18N4O3/c1-3-18-8(16)5-4-6-13-11(17)10-9(12)7(2)14-15-10/h3-6,12H2,1-2H3,(H,13,17)(H,14,15). The monoisotopic (exact) mass is 254 g/mol. The first-order valence-corrected chi connectivity index (χ1v) is 5.80. The molecule has 0 aliphatic heterocycles. The quantitative estimate of drug-likeness (QED) is 0.502. The van der Waals surface area contributed by atoms with E-state index in [9.17, 15) is 9.59 Å². The molecule has 7 heteroatoms. The molecule has 1 rings (SSSR count). The van der Waals surface area contributed by atoms with Crippen molar-refractivity contribution in [3.05, 3.63) is 11.4 Å². The topological polar surface area (TPSA) is 110 Å². The third kappa shape index (κ3) is 3.76. The summed E-state index contributed by atoms with van der Waals surface area (Å²) >= 11 is 0. The number of hydrogen-bond acceptors (Lipinski definition) is 5. The molecule has 100 valence electrons. The summed E-state index contributed by atoms with van der Waals surface area (Å²) in [7, 11) is 0. The van der Waals surface area contributed by atoms with Gasteiger partial charge in [-0.2, -0.15) is 5.10 Å². The van der Waals surface area contributed by atoms with Crippen LogP contribution in [0.25, 0.3) is 0 Å². The van der Waals surface area contributed by atoms with E-state index >= 15 is 0 Å². The normalized spacial score (nSPS) is 10.1. The van der Waals surface area contributed by atoms with Crippen LogP contribution in [-0.2, 0) is 9.53 Å². The van der Waals surface area contributed by atoms with Gasteiger partial charge < -0.3 is 15.8 Å². The summed E-state index contributed by atoms with van der Waals surface area (Å²) in [6.07, 6.45) is 0.803. The lowest BCUT2D eigenvalue weighted by Gasteiger charge is -2.04. The first kappa shape index (κ1) is 14.0. The number of esters is 1. The molecule has 4 N–H and O–H groups in total. The molecule has 0 aliphatic rings. The summed E-state index contributed by atoms with van der Waals surface area (Å²) in [6.45, 7) is 4.24. The lowest BCUT2D eigenvalue weighted by Crippen LogP contribution is -2.26. The maximum absolute atomic E-state index is 11.7. The molecule has 0 saturated heterocycles. The van der Waals surface area contributed by atoms with Crippen molar-refractivity contribution in [1.29, 1.82) is 0 Å². The molecule has 0 aliphatic carbocycles. The SMILES string of the molecule is CCOC(=O)CCCNC(=O)c1n[nH]c(C)c1N. The van der Waals surface area contributed by atoms with Crippen LogP contribution in [0.15, 0.2) is 0 Å². The average molecular weight is 254 g/mol. The number of aryl methyl sites for hydroxylation is 1. The number of nitrogens with two attached hydrogens (primary N) is 1. The fraction of sp³-hybridized carbons (Fsp3) is 0.545. The van der Waals surface area contributed by atoms with Crippen molar-refractivity contribution in [1.82, 2.24) is 15.5 Å². The van der Waals surface area contributed by atoms with E-state index in [0.717, 1.165) is 0 Å². The minimum absolute atomic E-state index is 0.184. The van der Waals surface area contributed by atoms with E-state index in [2.05, 4.69) is 15.5 Å². The Hall–Kier alpha value is -2.05. The van der Waals surface area contributed by atoms with Gasteiger partial charge in [0.2, 0.25) is 0 Å². The molecular formula is C11H18N4O3. The summed E-state index contributed by atoms with van der Waals surface area (Å²) in [6, 6.07) is 0. The minimum Gasteiger partial charge on any atom is -0.466 e. The number of aromatic nitrogens is 2. The highest BCUT2D eigenvalue weighted by atomic mass is 16.5. The van der Waals surface area contributed by atoms with E-state index in [0.29, 0.717) is 31.0 Å². The van der Waals surface area contributed by atoms with E-state index < -0.39 is 0 Å². The van der Waals surface area contributed by atoms with Crippen molar-refractivity contribution in [2.45, 2.75) is 26.7 Å². The molecule has 1 heterocycles. The number of hydrogen-bond donors (Lipinski definition) is 3. The van der Waals surface area contributed by atoms with E-state index in [1.54, 1.807) is 13.8 Å². The van der Waals surface area contributed by atoms with Crippen LogP contribution in [-0.4, -0.2) is 35.2 Å². The van der Waals surface area contributed by atoms with Gasteiger partial charge in [0.25, 0.3) is 5.91 Å². The number of nitrogens with zero attached hydrogens (tertiary/aromatic N) is 1. The Morgan fingerprint density at radius 2 is 2.22 bits per heavy atom. The highest BCUT2D eigenvalue weighted by Gasteiger charge is 2.14. The van der Waals surface area contributed by atoms with Crippen molar-refractivity contribution >= 4 is 17.6 Å². The van der Waals surface area contributed by atoms with E-state index in [1.165, 1.54) is 0 Å².